The maximum Gasteiger partial charge on any atom is 0.334 e. The van der Waals surface area contributed by atoms with Crippen molar-refractivity contribution in [2.75, 3.05) is 14.2 Å². The van der Waals surface area contributed by atoms with Crippen LogP contribution in [0.15, 0.2) is 46.2 Å². The number of rotatable bonds is 6. The molecule has 2 rings (SSSR count). The van der Waals surface area contributed by atoms with Gasteiger partial charge >= 0.3 is 5.69 Å². The quantitative estimate of drug-likeness (QED) is 0.426. The van der Waals surface area contributed by atoms with Gasteiger partial charge in [-0.15, -0.1) is 0 Å². The lowest BCUT2D eigenvalue weighted by atomic mass is 10.1. The van der Waals surface area contributed by atoms with Crippen LogP contribution in [0.5, 0.6) is 11.5 Å². The lowest BCUT2D eigenvalue weighted by Crippen LogP contribution is -2.12. The molecule has 0 aromatic heterocycles. The van der Waals surface area contributed by atoms with Gasteiger partial charge in [0.15, 0.2) is 10.6 Å². The van der Waals surface area contributed by atoms with E-state index in [1.807, 2.05) is 0 Å². The first kappa shape index (κ1) is 18.7. The van der Waals surface area contributed by atoms with Gasteiger partial charge in [0.1, 0.15) is 0 Å². The van der Waals surface area contributed by atoms with Crippen molar-refractivity contribution in [1.82, 2.24) is 0 Å². The van der Waals surface area contributed by atoms with Gasteiger partial charge in [-0.3, -0.25) is 14.9 Å². The van der Waals surface area contributed by atoms with E-state index in [-0.39, 0.29) is 10.6 Å². The Morgan fingerprint density at radius 2 is 1.76 bits per heavy atom. The van der Waals surface area contributed by atoms with Gasteiger partial charge in [0.05, 0.1) is 29.6 Å². The summed E-state index contributed by atoms with van der Waals surface area (Å²) in [6.07, 6.45) is 0. The highest BCUT2D eigenvalue weighted by Gasteiger charge is 2.38. The van der Waals surface area contributed by atoms with Crippen LogP contribution in [0.4, 0.5) is 5.69 Å². The molecule has 0 heterocycles. The zero-order chi connectivity index (χ0) is 18.8. The van der Waals surface area contributed by atoms with Crippen LogP contribution in [0.1, 0.15) is 10.4 Å². The molecule has 0 N–H and O–H groups in total. The normalized spacial score (nSPS) is 11.0. The molecule has 2 aromatic carbocycles. The molecule has 25 heavy (non-hydrogen) atoms. The highest BCUT2D eigenvalue weighted by atomic mass is 35.5. The van der Waals surface area contributed by atoms with Crippen molar-refractivity contribution in [3.05, 3.63) is 52.1 Å². The molecule has 0 aliphatic carbocycles. The van der Waals surface area contributed by atoms with Gasteiger partial charge in [-0.25, -0.2) is 8.42 Å². The minimum Gasteiger partial charge on any atom is -0.493 e. The first-order valence-corrected chi connectivity index (χ1v) is 8.55. The molecule has 0 amide bonds. The zero-order valence-corrected chi connectivity index (χ0v) is 14.6. The van der Waals surface area contributed by atoms with Crippen molar-refractivity contribution in [3.8, 4) is 11.5 Å². The summed E-state index contributed by atoms with van der Waals surface area (Å²) in [7, 11) is -2.12. The summed E-state index contributed by atoms with van der Waals surface area (Å²) in [5.41, 5.74) is -1.50. The van der Waals surface area contributed by atoms with Gasteiger partial charge in [-0.05, 0) is 29.8 Å². The van der Waals surface area contributed by atoms with Gasteiger partial charge in [-0.1, -0.05) is 18.2 Å². The summed E-state index contributed by atoms with van der Waals surface area (Å²) < 4.78 is 35.8. The van der Waals surface area contributed by atoms with Gasteiger partial charge in [0.2, 0.25) is 15.6 Å². The molecule has 0 aliphatic rings. The number of carbonyl (C=O) groups is 1. The average molecular weight is 386 g/mol. The van der Waals surface area contributed by atoms with Crippen molar-refractivity contribution in [2.24, 2.45) is 0 Å². The van der Waals surface area contributed by atoms with Crippen molar-refractivity contribution in [3.63, 3.8) is 0 Å². The lowest BCUT2D eigenvalue weighted by Gasteiger charge is -2.14. The smallest absolute Gasteiger partial charge is 0.334 e. The second-order valence-electron chi connectivity index (χ2n) is 4.68. The van der Waals surface area contributed by atoms with E-state index in [0.717, 1.165) is 13.2 Å². The number of hydrogen-bond acceptors (Lipinski definition) is 7. The third kappa shape index (κ3) is 3.28. The fraction of sp³-hybridized carbons (Fsp3) is 0.133. The molecule has 132 valence electrons. The lowest BCUT2D eigenvalue weighted by molar-refractivity contribution is -0.388. The first-order valence-electron chi connectivity index (χ1n) is 6.69. The summed E-state index contributed by atoms with van der Waals surface area (Å²) in [6.45, 7) is 0. The Kier molecular flexibility index (Phi) is 5.29. The maximum absolute atomic E-state index is 12.9. The van der Waals surface area contributed by atoms with Crippen LogP contribution in [0, 0.1) is 10.1 Å². The minimum absolute atomic E-state index is 0.190. The van der Waals surface area contributed by atoms with Gasteiger partial charge in [0, 0.05) is 0 Å². The number of nitrogens with zero attached hydrogens (tertiary/aromatic N) is 1. The van der Waals surface area contributed by atoms with Gasteiger partial charge in [-0.2, -0.15) is 0 Å². The van der Waals surface area contributed by atoms with Crippen molar-refractivity contribution < 1.29 is 27.6 Å². The Bertz CT molecular complexity index is 942. The van der Waals surface area contributed by atoms with Crippen molar-refractivity contribution >= 4 is 32.4 Å². The Hall–Kier alpha value is -2.65. The summed E-state index contributed by atoms with van der Waals surface area (Å²) in [6, 6.07) is 7.96. The monoisotopic (exact) mass is 385 g/mol. The number of sulfone groups is 1. The minimum atomic E-state index is -4.43. The summed E-state index contributed by atoms with van der Waals surface area (Å²) in [4.78, 5) is 21.3. The third-order valence-corrected chi connectivity index (χ3v) is 5.36. The van der Waals surface area contributed by atoms with E-state index in [1.165, 1.54) is 31.4 Å². The predicted octanol–water partition coefficient (Wildman–Crippen LogP) is 2.82. The Morgan fingerprint density at radius 3 is 2.20 bits per heavy atom. The summed E-state index contributed by atoms with van der Waals surface area (Å²) >= 11 is 5.48. The van der Waals surface area contributed by atoms with Gasteiger partial charge in [0.25, 0.3) is 5.24 Å². The van der Waals surface area contributed by atoms with E-state index in [2.05, 4.69) is 0 Å². The van der Waals surface area contributed by atoms with Crippen LogP contribution in [0.2, 0.25) is 0 Å². The number of nitro benzene ring substituents is 1. The van der Waals surface area contributed by atoms with E-state index < -0.39 is 41.9 Å². The molecular weight excluding hydrogens is 374 g/mol. The van der Waals surface area contributed by atoms with Crippen LogP contribution >= 0.6 is 11.6 Å². The number of halogens is 1. The predicted molar refractivity (Wildman–Crippen MR) is 88.3 cm³/mol. The molecule has 10 heteroatoms. The first-order chi connectivity index (χ1) is 11.8. The Labute approximate surface area is 148 Å². The second kappa shape index (κ2) is 7.08. The largest absolute Gasteiger partial charge is 0.493 e. The van der Waals surface area contributed by atoms with E-state index in [4.69, 9.17) is 21.1 Å². The molecule has 0 unspecified atom stereocenters. The Balaban J connectivity index is 3.02. The molecule has 0 atom stereocenters. The third-order valence-electron chi connectivity index (χ3n) is 3.31. The molecule has 0 saturated carbocycles. The SMILES string of the molecule is COc1cc(C(=O)Cl)c(S(=O)(=O)c2ccccc2)c([N+](=O)[O-])c1OC. The molecule has 0 bridgehead atoms. The average Bonchev–Trinajstić information content (AvgIpc) is 2.60. The molecule has 0 fully saturated rings. The van der Waals surface area contributed by atoms with Gasteiger partial charge < -0.3 is 9.47 Å². The number of nitro groups is 1. The highest BCUT2D eigenvalue weighted by molar-refractivity contribution is 7.91. The topological polar surface area (TPSA) is 113 Å². The number of carbonyl (C=O) groups excluding carboxylic acids is 1. The molecule has 0 aliphatic heterocycles. The number of benzene rings is 2. The second-order valence-corrected chi connectivity index (χ2v) is 6.91. The fourth-order valence-corrected chi connectivity index (χ4v) is 4.08. The molecule has 0 spiro atoms. The summed E-state index contributed by atoms with van der Waals surface area (Å²) in [5, 5.41) is 10.4. The highest BCUT2D eigenvalue weighted by Crippen LogP contribution is 2.45. The maximum atomic E-state index is 12.9. The standard InChI is InChI=1S/C15H12ClNO7S/c1-23-11-8-10(15(16)18)14(12(17(19)20)13(11)24-2)25(21,22)9-6-4-3-5-7-9/h3-8H,1-2H3. The molecule has 8 nitrogen and oxygen atoms in total. The van der Waals surface area contributed by atoms with Crippen LogP contribution < -0.4 is 9.47 Å². The summed E-state index contributed by atoms with van der Waals surface area (Å²) in [5.74, 6) is -0.617. The number of ether oxygens (including phenoxy) is 2. The van der Waals surface area contributed by atoms with Crippen LogP contribution in [-0.4, -0.2) is 32.8 Å². The zero-order valence-electron chi connectivity index (χ0n) is 13.1. The molecule has 0 radical (unpaired) electrons. The Morgan fingerprint density at radius 1 is 1.16 bits per heavy atom. The number of hydrogen-bond donors (Lipinski definition) is 0. The van der Waals surface area contributed by atoms with Crippen LogP contribution in [0.3, 0.4) is 0 Å². The van der Waals surface area contributed by atoms with E-state index >= 15 is 0 Å². The van der Waals surface area contributed by atoms with E-state index in [9.17, 15) is 23.3 Å². The van der Waals surface area contributed by atoms with Crippen molar-refractivity contribution in [2.45, 2.75) is 9.79 Å². The molecule has 2 aromatic rings. The van der Waals surface area contributed by atoms with Crippen molar-refractivity contribution in [1.29, 1.82) is 0 Å². The van der Waals surface area contributed by atoms with E-state index in [0.29, 0.717) is 0 Å². The van der Waals surface area contributed by atoms with E-state index in [1.54, 1.807) is 6.07 Å². The molecule has 0 saturated heterocycles. The van der Waals surface area contributed by atoms with Crippen LogP contribution in [0.25, 0.3) is 0 Å². The number of methoxy groups -OCH3 is 2. The fourth-order valence-electron chi connectivity index (χ4n) is 2.26. The van der Waals surface area contributed by atoms with Crippen LogP contribution in [-0.2, 0) is 9.84 Å². The molecular formula is C15H12ClNO7S.